The van der Waals surface area contributed by atoms with E-state index in [9.17, 15) is 31.1 Å². The topological polar surface area (TPSA) is 85.6 Å². The summed E-state index contributed by atoms with van der Waals surface area (Å²) in [5.41, 5.74) is 1.34. The van der Waals surface area contributed by atoms with Gasteiger partial charge >= 0.3 is 12.4 Å². The van der Waals surface area contributed by atoms with E-state index >= 15 is 0 Å². The first-order chi connectivity index (χ1) is 13.0. The monoisotopic (exact) mass is 425 g/mol. The maximum atomic E-state index is 13.5. The van der Waals surface area contributed by atoms with Crippen LogP contribution in [0, 0.1) is 0 Å². The Bertz CT molecular complexity index is 999. The van der Waals surface area contributed by atoms with Gasteiger partial charge in [0, 0.05) is 30.5 Å². The van der Waals surface area contributed by atoms with Crippen LogP contribution in [0.5, 0.6) is 0 Å². The molecule has 0 aromatic carbocycles. The Morgan fingerprint density at radius 1 is 1.29 bits per heavy atom. The standard InChI is InChI=1S/C15H13F6N5OS/c16-14(17,18)3-4-23-6-8(5-22)9-10(15(19,20)21)24-13-26(12(9)27)25-11(28-13)7-1-2-7/h5-7H,1-4,22H2/b8-5+,23-6?. The van der Waals surface area contributed by atoms with Crippen molar-refractivity contribution >= 4 is 28.1 Å². The van der Waals surface area contributed by atoms with Crippen LogP contribution in [0.2, 0.25) is 0 Å². The summed E-state index contributed by atoms with van der Waals surface area (Å²) in [6.45, 7) is -0.721. The molecule has 1 aliphatic carbocycles. The number of aliphatic imine (C=N–C) groups is 1. The van der Waals surface area contributed by atoms with Crippen LogP contribution in [-0.4, -0.2) is 33.5 Å². The molecule has 2 heterocycles. The van der Waals surface area contributed by atoms with Gasteiger partial charge in [-0.3, -0.25) is 9.79 Å². The van der Waals surface area contributed by atoms with E-state index in [1.54, 1.807) is 0 Å². The predicted octanol–water partition coefficient (Wildman–Crippen LogP) is 3.37. The molecule has 0 aliphatic heterocycles. The molecule has 152 valence electrons. The van der Waals surface area contributed by atoms with E-state index in [1.165, 1.54) is 0 Å². The highest BCUT2D eigenvalue weighted by molar-refractivity contribution is 7.16. The van der Waals surface area contributed by atoms with Gasteiger partial charge in [-0.15, -0.1) is 0 Å². The molecule has 13 heteroatoms. The van der Waals surface area contributed by atoms with E-state index in [0.717, 1.165) is 28.7 Å². The quantitative estimate of drug-likeness (QED) is 0.588. The average Bonchev–Trinajstić information content (AvgIpc) is 3.33. The van der Waals surface area contributed by atoms with Gasteiger partial charge in [0.1, 0.15) is 5.01 Å². The Morgan fingerprint density at radius 3 is 2.50 bits per heavy atom. The summed E-state index contributed by atoms with van der Waals surface area (Å²) in [5, 5.41) is 4.54. The first-order valence-electron chi connectivity index (χ1n) is 8.01. The fraction of sp³-hybridized carbons (Fsp3) is 0.467. The summed E-state index contributed by atoms with van der Waals surface area (Å²) in [6, 6.07) is 0. The van der Waals surface area contributed by atoms with Crippen molar-refractivity contribution in [2.75, 3.05) is 6.54 Å². The molecule has 1 fully saturated rings. The number of hydrogen-bond donors (Lipinski definition) is 1. The Labute approximate surface area is 157 Å². The molecule has 2 N–H and O–H groups in total. The van der Waals surface area contributed by atoms with Crippen LogP contribution in [0.4, 0.5) is 26.3 Å². The van der Waals surface area contributed by atoms with Crippen LogP contribution in [-0.2, 0) is 6.18 Å². The number of halogens is 6. The molecule has 6 nitrogen and oxygen atoms in total. The van der Waals surface area contributed by atoms with Gasteiger partial charge in [0.2, 0.25) is 4.96 Å². The lowest BCUT2D eigenvalue weighted by molar-refractivity contribution is -0.141. The van der Waals surface area contributed by atoms with Crippen molar-refractivity contribution in [1.82, 2.24) is 14.6 Å². The fourth-order valence-corrected chi connectivity index (χ4v) is 3.42. The van der Waals surface area contributed by atoms with Gasteiger partial charge in [0.15, 0.2) is 5.69 Å². The normalized spacial score (nSPS) is 16.4. The molecule has 2 aromatic heterocycles. The van der Waals surface area contributed by atoms with Crippen molar-refractivity contribution in [3.05, 3.63) is 32.8 Å². The molecule has 1 saturated carbocycles. The first-order valence-corrected chi connectivity index (χ1v) is 8.82. The summed E-state index contributed by atoms with van der Waals surface area (Å²) in [5.74, 6) is 0.0948. The van der Waals surface area contributed by atoms with Crippen molar-refractivity contribution in [1.29, 1.82) is 0 Å². The van der Waals surface area contributed by atoms with Crippen LogP contribution >= 0.6 is 11.3 Å². The summed E-state index contributed by atoms with van der Waals surface area (Å²) in [6.07, 6.45) is -7.69. The smallest absolute Gasteiger partial charge is 0.404 e. The van der Waals surface area contributed by atoms with Crippen molar-refractivity contribution in [2.24, 2.45) is 10.7 Å². The number of hydrogen-bond acceptors (Lipinski definition) is 6. The molecule has 0 atom stereocenters. The Morgan fingerprint density at radius 2 is 1.96 bits per heavy atom. The zero-order chi connectivity index (χ0) is 20.7. The molecule has 3 rings (SSSR count). The second-order valence-electron chi connectivity index (χ2n) is 6.07. The zero-order valence-electron chi connectivity index (χ0n) is 14.0. The number of nitrogens with two attached hydrogens (primary N) is 1. The molecule has 2 aromatic rings. The highest BCUT2D eigenvalue weighted by Gasteiger charge is 2.39. The summed E-state index contributed by atoms with van der Waals surface area (Å²) < 4.78 is 77.8. The lowest BCUT2D eigenvalue weighted by atomic mass is 10.1. The number of rotatable bonds is 5. The van der Waals surface area contributed by atoms with Crippen molar-refractivity contribution in [3.63, 3.8) is 0 Å². The lowest BCUT2D eigenvalue weighted by Crippen LogP contribution is -2.27. The number of aromatic nitrogens is 3. The molecular weight excluding hydrogens is 412 g/mol. The van der Waals surface area contributed by atoms with Gasteiger partial charge in [-0.1, -0.05) is 11.3 Å². The van der Waals surface area contributed by atoms with E-state index in [0.29, 0.717) is 17.4 Å². The zero-order valence-corrected chi connectivity index (χ0v) is 14.8. The minimum Gasteiger partial charge on any atom is -0.404 e. The molecule has 0 radical (unpaired) electrons. The van der Waals surface area contributed by atoms with Crippen molar-refractivity contribution < 1.29 is 26.3 Å². The average molecular weight is 425 g/mol. The number of alkyl halides is 6. The van der Waals surface area contributed by atoms with Crippen molar-refractivity contribution in [3.8, 4) is 0 Å². The summed E-state index contributed by atoms with van der Waals surface area (Å²) in [7, 11) is 0. The molecule has 0 saturated heterocycles. The lowest BCUT2D eigenvalue weighted by Gasteiger charge is -2.11. The number of nitrogens with zero attached hydrogens (tertiary/aromatic N) is 4. The van der Waals surface area contributed by atoms with Crippen LogP contribution in [0.15, 0.2) is 16.0 Å². The van der Waals surface area contributed by atoms with Gasteiger partial charge in [0.25, 0.3) is 5.56 Å². The van der Waals surface area contributed by atoms with E-state index in [4.69, 9.17) is 5.73 Å². The summed E-state index contributed by atoms with van der Waals surface area (Å²) in [4.78, 5) is 19.4. The highest BCUT2D eigenvalue weighted by Crippen LogP contribution is 2.42. The van der Waals surface area contributed by atoms with E-state index in [2.05, 4.69) is 15.1 Å². The van der Waals surface area contributed by atoms with Crippen LogP contribution in [0.1, 0.15) is 41.4 Å². The van der Waals surface area contributed by atoms with Crippen LogP contribution < -0.4 is 11.3 Å². The third kappa shape index (κ3) is 4.34. The second-order valence-corrected chi connectivity index (χ2v) is 7.06. The molecule has 28 heavy (non-hydrogen) atoms. The predicted molar refractivity (Wildman–Crippen MR) is 90.3 cm³/mol. The third-order valence-corrected chi connectivity index (χ3v) is 4.92. The van der Waals surface area contributed by atoms with E-state index in [-0.39, 0.29) is 10.9 Å². The minimum atomic E-state index is -4.99. The van der Waals surface area contributed by atoms with Crippen LogP contribution in [0.25, 0.3) is 10.5 Å². The van der Waals surface area contributed by atoms with Gasteiger partial charge in [-0.25, -0.2) is 4.98 Å². The molecular formula is C15H13F6N5OS. The maximum Gasteiger partial charge on any atom is 0.434 e. The second kappa shape index (κ2) is 7.18. The van der Waals surface area contributed by atoms with Crippen molar-refractivity contribution in [2.45, 2.75) is 37.5 Å². The molecule has 0 amide bonds. The fourth-order valence-electron chi connectivity index (χ4n) is 2.37. The van der Waals surface area contributed by atoms with Crippen LogP contribution in [0.3, 0.4) is 0 Å². The molecule has 0 unspecified atom stereocenters. The Kier molecular flexibility index (Phi) is 5.21. The Hall–Kier alpha value is -2.44. The summed E-state index contributed by atoms with van der Waals surface area (Å²) >= 11 is 0.896. The highest BCUT2D eigenvalue weighted by atomic mass is 32.1. The van der Waals surface area contributed by atoms with Gasteiger partial charge in [-0.05, 0) is 12.8 Å². The molecule has 0 spiro atoms. The SMILES string of the molecule is N/C=C(\C=NCCC(F)(F)F)c1c(C(F)(F)F)nc2sc(C3CC3)nn2c1=O. The minimum absolute atomic E-state index is 0.0948. The van der Waals surface area contributed by atoms with E-state index < -0.39 is 47.7 Å². The molecule has 1 aliphatic rings. The maximum absolute atomic E-state index is 13.5. The first kappa shape index (κ1) is 20.3. The third-order valence-electron chi connectivity index (χ3n) is 3.84. The van der Waals surface area contributed by atoms with Gasteiger partial charge in [0.05, 0.1) is 12.0 Å². The Balaban J connectivity index is 2.07. The largest absolute Gasteiger partial charge is 0.434 e. The van der Waals surface area contributed by atoms with E-state index in [1.807, 2.05) is 0 Å². The number of allylic oxidation sites excluding steroid dienone is 1. The number of fused-ring (bicyclic) bond motifs is 1. The van der Waals surface area contributed by atoms with Gasteiger partial charge < -0.3 is 5.73 Å². The van der Waals surface area contributed by atoms with Gasteiger partial charge in [-0.2, -0.15) is 36.0 Å². The molecule has 0 bridgehead atoms.